The zero-order valence-electron chi connectivity index (χ0n) is 14.6. The van der Waals surface area contributed by atoms with E-state index in [1.54, 1.807) is 23.7 Å². The van der Waals surface area contributed by atoms with E-state index in [4.69, 9.17) is 0 Å². The van der Waals surface area contributed by atoms with Crippen LogP contribution in [0.3, 0.4) is 0 Å². The number of fused-ring (bicyclic) bond motifs is 2. The average Bonchev–Trinajstić information content (AvgIpc) is 3.36. The van der Waals surface area contributed by atoms with Crippen LogP contribution in [0, 0.1) is 10.1 Å². The van der Waals surface area contributed by atoms with Gasteiger partial charge >= 0.3 is 0 Å². The summed E-state index contributed by atoms with van der Waals surface area (Å²) in [6.07, 6.45) is 2.44. The number of nitrogens with zero attached hydrogens (tertiary/aromatic N) is 5. The average molecular weight is 382 g/mol. The molecule has 2 aliphatic rings. The summed E-state index contributed by atoms with van der Waals surface area (Å²) in [6, 6.07) is 5.51. The Balaban J connectivity index is 1.44. The molecule has 0 amide bonds. The molecule has 138 valence electrons. The largest absolute Gasteiger partial charge is 0.384 e. The Bertz CT molecular complexity index is 1030. The highest BCUT2D eigenvalue weighted by Crippen LogP contribution is 2.40. The van der Waals surface area contributed by atoms with E-state index in [0.29, 0.717) is 0 Å². The molecule has 1 saturated heterocycles. The zero-order valence-corrected chi connectivity index (χ0v) is 15.4. The summed E-state index contributed by atoms with van der Waals surface area (Å²) in [5.74, 6) is 0.954. The number of nitro groups is 1. The van der Waals surface area contributed by atoms with Crippen molar-refractivity contribution < 1.29 is 4.92 Å². The van der Waals surface area contributed by atoms with Crippen LogP contribution in [0.5, 0.6) is 0 Å². The number of aromatic nitrogens is 2. The van der Waals surface area contributed by atoms with Crippen molar-refractivity contribution in [3.8, 4) is 0 Å². The summed E-state index contributed by atoms with van der Waals surface area (Å²) in [5.41, 5.74) is 3.08. The molecule has 0 aliphatic carbocycles. The molecule has 9 heteroatoms. The number of hydrogen-bond donors (Lipinski definition) is 1. The quantitative estimate of drug-likeness (QED) is 0.550. The van der Waals surface area contributed by atoms with Crippen LogP contribution in [0.25, 0.3) is 10.2 Å². The molecule has 0 atom stereocenters. The van der Waals surface area contributed by atoms with E-state index in [2.05, 4.69) is 31.2 Å². The van der Waals surface area contributed by atoms with Crippen molar-refractivity contribution in [2.45, 2.75) is 6.42 Å². The molecule has 27 heavy (non-hydrogen) atoms. The van der Waals surface area contributed by atoms with Gasteiger partial charge in [-0.15, -0.1) is 11.3 Å². The van der Waals surface area contributed by atoms with Crippen molar-refractivity contribution in [3.63, 3.8) is 0 Å². The fourth-order valence-corrected chi connectivity index (χ4v) is 4.76. The minimum absolute atomic E-state index is 0.202. The standard InChI is InChI=1S/C18H18N6O2S/c25-24(26)15-2-1-14-12(3-5-19-14)16(15)22-6-8-23(9-7-22)17-13-4-10-27-18(13)21-11-20-17/h1-2,4,10-11,19H,3,5-9H2. The van der Waals surface area contributed by atoms with Crippen molar-refractivity contribution in [2.75, 3.05) is 47.8 Å². The number of anilines is 3. The van der Waals surface area contributed by atoms with Crippen LogP contribution in [-0.2, 0) is 6.42 Å². The van der Waals surface area contributed by atoms with Crippen molar-refractivity contribution in [2.24, 2.45) is 0 Å². The molecule has 0 radical (unpaired) electrons. The van der Waals surface area contributed by atoms with E-state index in [1.165, 1.54) is 0 Å². The minimum atomic E-state index is -0.264. The van der Waals surface area contributed by atoms with Crippen LogP contribution in [-0.4, -0.2) is 47.6 Å². The fourth-order valence-electron chi connectivity index (χ4n) is 4.04. The highest BCUT2D eigenvalue weighted by Gasteiger charge is 2.30. The first kappa shape index (κ1) is 16.2. The maximum atomic E-state index is 11.6. The molecular formula is C18H18N6O2S. The topological polar surface area (TPSA) is 87.4 Å². The van der Waals surface area contributed by atoms with Gasteiger partial charge in [-0.3, -0.25) is 10.1 Å². The van der Waals surface area contributed by atoms with Crippen LogP contribution in [0.2, 0.25) is 0 Å². The molecule has 3 aromatic rings. The number of nitrogens with one attached hydrogen (secondary N) is 1. The molecule has 1 fully saturated rings. The first-order valence-electron chi connectivity index (χ1n) is 8.94. The molecule has 2 aromatic heterocycles. The number of hydrogen-bond acceptors (Lipinski definition) is 8. The summed E-state index contributed by atoms with van der Waals surface area (Å²) < 4.78 is 0. The minimum Gasteiger partial charge on any atom is -0.384 e. The lowest BCUT2D eigenvalue weighted by atomic mass is 10.1. The van der Waals surface area contributed by atoms with Crippen molar-refractivity contribution in [3.05, 3.63) is 45.6 Å². The number of benzene rings is 1. The van der Waals surface area contributed by atoms with Crippen LogP contribution >= 0.6 is 11.3 Å². The smallest absolute Gasteiger partial charge is 0.292 e. The van der Waals surface area contributed by atoms with Crippen LogP contribution < -0.4 is 15.1 Å². The van der Waals surface area contributed by atoms with E-state index < -0.39 is 0 Å². The number of nitro benzene ring substituents is 1. The summed E-state index contributed by atoms with van der Waals surface area (Å²) in [5, 5.41) is 18.0. The van der Waals surface area contributed by atoms with Gasteiger partial charge in [0.25, 0.3) is 5.69 Å². The molecule has 8 nitrogen and oxygen atoms in total. The van der Waals surface area contributed by atoms with E-state index in [1.807, 2.05) is 11.4 Å². The van der Waals surface area contributed by atoms with Gasteiger partial charge in [0.2, 0.25) is 0 Å². The summed E-state index contributed by atoms with van der Waals surface area (Å²) in [7, 11) is 0. The molecule has 5 rings (SSSR count). The molecule has 1 N–H and O–H groups in total. The van der Waals surface area contributed by atoms with Gasteiger partial charge in [0.15, 0.2) is 0 Å². The number of piperazine rings is 1. The second kappa shape index (κ2) is 6.34. The van der Waals surface area contributed by atoms with E-state index >= 15 is 0 Å². The molecule has 0 spiro atoms. The Hall–Kier alpha value is -2.94. The van der Waals surface area contributed by atoms with E-state index in [9.17, 15) is 10.1 Å². The zero-order chi connectivity index (χ0) is 18.4. The summed E-state index contributed by atoms with van der Waals surface area (Å²) >= 11 is 1.61. The van der Waals surface area contributed by atoms with Gasteiger partial charge in [-0.05, 0) is 23.9 Å². The Morgan fingerprint density at radius 3 is 2.74 bits per heavy atom. The first-order valence-corrected chi connectivity index (χ1v) is 9.82. The predicted octanol–water partition coefficient (Wildman–Crippen LogP) is 2.89. The molecule has 1 aromatic carbocycles. The monoisotopic (exact) mass is 382 g/mol. The Kier molecular flexibility index (Phi) is 3.82. The third-order valence-corrected chi connectivity index (χ3v) is 6.11. The van der Waals surface area contributed by atoms with Gasteiger partial charge in [-0.25, -0.2) is 9.97 Å². The molecule has 0 bridgehead atoms. The van der Waals surface area contributed by atoms with Crippen molar-refractivity contribution in [1.29, 1.82) is 0 Å². The van der Waals surface area contributed by atoms with Gasteiger partial charge in [0, 0.05) is 50.0 Å². The molecular weight excluding hydrogens is 364 g/mol. The first-order chi connectivity index (χ1) is 13.2. The molecule has 0 unspecified atom stereocenters. The van der Waals surface area contributed by atoms with Crippen molar-refractivity contribution >= 4 is 44.4 Å². The van der Waals surface area contributed by atoms with Gasteiger partial charge in [0.05, 0.1) is 10.3 Å². The molecule has 0 saturated carbocycles. The van der Waals surface area contributed by atoms with Gasteiger partial charge < -0.3 is 15.1 Å². The Labute approximate surface area is 159 Å². The maximum absolute atomic E-state index is 11.6. The summed E-state index contributed by atoms with van der Waals surface area (Å²) in [6.45, 7) is 3.84. The van der Waals surface area contributed by atoms with Gasteiger partial charge in [-0.2, -0.15) is 0 Å². The summed E-state index contributed by atoms with van der Waals surface area (Å²) in [4.78, 5) is 25.5. The number of thiophene rings is 1. The molecule has 2 aliphatic heterocycles. The van der Waals surface area contributed by atoms with Crippen molar-refractivity contribution in [1.82, 2.24) is 9.97 Å². The predicted molar refractivity (Wildman–Crippen MR) is 107 cm³/mol. The van der Waals surface area contributed by atoms with E-state index in [0.717, 1.165) is 72.1 Å². The van der Waals surface area contributed by atoms with Crippen LogP contribution in [0.15, 0.2) is 29.9 Å². The van der Waals surface area contributed by atoms with E-state index in [-0.39, 0.29) is 10.6 Å². The second-order valence-electron chi connectivity index (χ2n) is 6.70. The highest BCUT2D eigenvalue weighted by atomic mass is 32.1. The lowest BCUT2D eigenvalue weighted by Crippen LogP contribution is -2.47. The maximum Gasteiger partial charge on any atom is 0.292 e. The third-order valence-electron chi connectivity index (χ3n) is 5.28. The molecule has 4 heterocycles. The van der Waals surface area contributed by atoms with Gasteiger partial charge in [-0.1, -0.05) is 0 Å². The normalized spacial score (nSPS) is 16.4. The fraction of sp³-hybridized carbons (Fsp3) is 0.333. The lowest BCUT2D eigenvalue weighted by Gasteiger charge is -2.37. The van der Waals surface area contributed by atoms with Crippen LogP contribution in [0.4, 0.5) is 22.9 Å². The Morgan fingerprint density at radius 1 is 1.11 bits per heavy atom. The third kappa shape index (κ3) is 2.66. The van der Waals surface area contributed by atoms with Gasteiger partial charge in [0.1, 0.15) is 22.7 Å². The second-order valence-corrected chi connectivity index (χ2v) is 7.60. The van der Waals surface area contributed by atoms with Crippen LogP contribution in [0.1, 0.15) is 5.56 Å². The SMILES string of the molecule is O=[N+]([O-])c1ccc2c(c1N1CCN(c3ncnc4sccc34)CC1)CCN2. The highest BCUT2D eigenvalue weighted by molar-refractivity contribution is 7.16. The Morgan fingerprint density at radius 2 is 1.93 bits per heavy atom. The lowest BCUT2D eigenvalue weighted by molar-refractivity contribution is -0.384. The number of rotatable bonds is 3.